The Balaban J connectivity index is 2.62. The fraction of sp³-hybridized carbons (Fsp3) is 0.533. The van der Waals surface area contributed by atoms with E-state index in [0.717, 1.165) is 12.0 Å². The molecule has 1 aromatic rings. The van der Waals surface area contributed by atoms with Crippen LogP contribution in [0.2, 0.25) is 0 Å². The quantitative estimate of drug-likeness (QED) is 0.783. The average molecular weight is 313 g/mol. The number of sulfonamides is 1. The topological polar surface area (TPSA) is 72.5 Å². The summed E-state index contributed by atoms with van der Waals surface area (Å²) in [5.74, 6) is -0.305. The van der Waals surface area contributed by atoms with Gasteiger partial charge >= 0.3 is 5.97 Å². The van der Waals surface area contributed by atoms with Crippen LogP contribution in [0.4, 0.5) is 0 Å². The normalized spacial score (nSPS) is 12.2. The van der Waals surface area contributed by atoms with Gasteiger partial charge in [0.2, 0.25) is 10.0 Å². The van der Waals surface area contributed by atoms with E-state index in [4.69, 9.17) is 4.74 Å². The molecule has 1 N–H and O–H groups in total. The largest absolute Gasteiger partial charge is 0.465 e. The summed E-state index contributed by atoms with van der Waals surface area (Å²) in [6.07, 6.45) is 1.07. The first-order valence-electron chi connectivity index (χ1n) is 6.88. The highest BCUT2D eigenvalue weighted by atomic mass is 32.2. The number of hydrogen-bond donors (Lipinski definition) is 1. The van der Waals surface area contributed by atoms with Crippen LogP contribution in [0.1, 0.15) is 32.8 Å². The monoisotopic (exact) mass is 313 g/mol. The molecule has 0 fully saturated rings. The molecule has 1 rings (SSSR count). The lowest BCUT2D eigenvalue weighted by Gasteiger charge is -2.21. The molecule has 0 aromatic heterocycles. The fourth-order valence-electron chi connectivity index (χ4n) is 1.50. The van der Waals surface area contributed by atoms with Crippen LogP contribution in [-0.2, 0) is 26.0 Å². The van der Waals surface area contributed by atoms with E-state index in [0.29, 0.717) is 6.61 Å². The maximum atomic E-state index is 11.8. The summed E-state index contributed by atoms with van der Waals surface area (Å²) >= 11 is 0. The molecule has 0 aliphatic rings. The minimum absolute atomic E-state index is 0.0274. The Hall–Kier alpha value is -1.40. The molecule has 0 atom stereocenters. The third-order valence-electron chi connectivity index (χ3n) is 3.43. The Bertz CT molecular complexity index is 576. The number of hydrogen-bond acceptors (Lipinski definition) is 4. The van der Waals surface area contributed by atoms with Crippen molar-refractivity contribution in [1.82, 2.24) is 4.72 Å². The molecule has 0 bridgehead atoms. The molecule has 0 aliphatic carbocycles. The van der Waals surface area contributed by atoms with Gasteiger partial charge in [0.25, 0.3) is 0 Å². The second kappa shape index (κ2) is 7.04. The fourth-order valence-corrected chi connectivity index (χ4v) is 2.23. The minimum atomic E-state index is -3.44. The van der Waals surface area contributed by atoms with Gasteiger partial charge in [-0.05, 0) is 36.6 Å². The van der Waals surface area contributed by atoms with E-state index < -0.39 is 10.0 Å². The number of nitrogens with one attached hydrogen (secondary N) is 1. The lowest BCUT2D eigenvalue weighted by atomic mass is 9.92. The Kier molecular flexibility index (Phi) is 5.92. The van der Waals surface area contributed by atoms with Crippen LogP contribution in [0.5, 0.6) is 0 Å². The van der Waals surface area contributed by atoms with Crippen molar-refractivity contribution < 1.29 is 17.9 Å². The summed E-state index contributed by atoms with van der Waals surface area (Å²) in [6.45, 7) is 6.51. The van der Waals surface area contributed by atoms with Crippen LogP contribution in [-0.4, -0.2) is 28.0 Å². The van der Waals surface area contributed by atoms with Gasteiger partial charge in [-0.3, -0.25) is 4.79 Å². The number of esters is 1. The first-order valence-corrected chi connectivity index (χ1v) is 8.36. The maximum Gasteiger partial charge on any atom is 0.310 e. The van der Waals surface area contributed by atoms with E-state index in [1.54, 1.807) is 12.1 Å². The van der Waals surface area contributed by atoms with Crippen molar-refractivity contribution in [3.63, 3.8) is 0 Å². The molecule has 0 radical (unpaired) electrons. The van der Waals surface area contributed by atoms with E-state index in [9.17, 15) is 13.2 Å². The van der Waals surface area contributed by atoms with Gasteiger partial charge in [-0.2, -0.15) is 0 Å². The highest BCUT2D eigenvalue weighted by Gasteiger charge is 2.18. The standard InChI is InChI=1S/C15H23NO4S/c1-5-15(2,3)11-20-14(17)10-12-6-8-13(9-7-12)21(18,19)16-4/h6-9,16H,5,10-11H2,1-4H3. The number of benzene rings is 1. The Morgan fingerprint density at radius 3 is 2.29 bits per heavy atom. The van der Waals surface area contributed by atoms with Crippen LogP contribution < -0.4 is 4.72 Å². The van der Waals surface area contributed by atoms with Gasteiger partial charge in [-0.1, -0.05) is 32.9 Å². The highest BCUT2D eigenvalue weighted by molar-refractivity contribution is 7.89. The van der Waals surface area contributed by atoms with Crippen molar-refractivity contribution in [2.45, 2.75) is 38.5 Å². The summed E-state index contributed by atoms with van der Waals surface area (Å²) in [7, 11) is -2.09. The Morgan fingerprint density at radius 1 is 1.24 bits per heavy atom. The van der Waals surface area contributed by atoms with Crippen molar-refractivity contribution in [3.8, 4) is 0 Å². The molecule has 5 nitrogen and oxygen atoms in total. The third-order valence-corrected chi connectivity index (χ3v) is 4.86. The zero-order valence-electron chi connectivity index (χ0n) is 13.0. The molecule has 21 heavy (non-hydrogen) atoms. The summed E-state index contributed by atoms with van der Waals surface area (Å²) in [5.41, 5.74) is 0.699. The molecule has 1 aromatic carbocycles. The van der Waals surface area contributed by atoms with E-state index >= 15 is 0 Å². The zero-order chi connectivity index (χ0) is 16.1. The number of ether oxygens (including phenoxy) is 1. The van der Waals surface area contributed by atoms with Crippen LogP contribution in [0.3, 0.4) is 0 Å². The third kappa shape index (κ3) is 5.47. The predicted molar refractivity (Wildman–Crippen MR) is 81.4 cm³/mol. The van der Waals surface area contributed by atoms with Crippen LogP contribution in [0, 0.1) is 5.41 Å². The molecule has 0 saturated carbocycles. The Morgan fingerprint density at radius 2 is 1.81 bits per heavy atom. The molecule has 6 heteroatoms. The molecule has 0 unspecified atom stereocenters. The van der Waals surface area contributed by atoms with E-state index in [1.807, 2.05) is 13.8 Å². The summed E-state index contributed by atoms with van der Waals surface area (Å²) in [4.78, 5) is 11.9. The Labute approximate surface area is 126 Å². The first-order chi connectivity index (χ1) is 9.70. The number of carbonyl (C=O) groups is 1. The molecule has 0 aliphatic heterocycles. The van der Waals surface area contributed by atoms with Crippen molar-refractivity contribution in [2.24, 2.45) is 5.41 Å². The summed E-state index contributed by atoms with van der Waals surface area (Å²) in [6, 6.07) is 6.20. The molecule has 0 amide bonds. The zero-order valence-corrected chi connectivity index (χ0v) is 13.8. The van der Waals surface area contributed by atoms with E-state index in [1.165, 1.54) is 19.2 Å². The SMILES string of the molecule is CCC(C)(C)COC(=O)Cc1ccc(S(=O)(=O)NC)cc1. The summed E-state index contributed by atoms with van der Waals surface area (Å²) < 4.78 is 30.6. The van der Waals surface area contributed by atoms with Crippen molar-refractivity contribution >= 4 is 16.0 Å². The van der Waals surface area contributed by atoms with E-state index in [2.05, 4.69) is 11.6 Å². The lowest BCUT2D eigenvalue weighted by Crippen LogP contribution is -2.22. The molecule has 0 saturated heterocycles. The van der Waals surface area contributed by atoms with Crippen LogP contribution in [0.25, 0.3) is 0 Å². The van der Waals surface area contributed by atoms with Gasteiger partial charge in [-0.25, -0.2) is 13.1 Å². The molecule has 118 valence electrons. The average Bonchev–Trinajstić information content (AvgIpc) is 2.46. The minimum Gasteiger partial charge on any atom is -0.465 e. The van der Waals surface area contributed by atoms with Gasteiger partial charge in [0.15, 0.2) is 0 Å². The second-order valence-corrected chi connectivity index (χ2v) is 7.59. The van der Waals surface area contributed by atoms with Gasteiger partial charge in [0, 0.05) is 0 Å². The predicted octanol–water partition coefficient (Wildman–Crippen LogP) is 2.12. The van der Waals surface area contributed by atoms with E-state index in [-0.39, 0.29) is 22.7 Å². The van der Waals surface area contributed by atoms with Crippen molar-refractivity contribution in [2.75, 3.05) is 13.7 Å². The van der Waals surface area contributed by atoms with Crippen molar-refractivity contribution in [1.29, 1.82) is 0 Å². The molecular formula is C15H23NO4S. The lowest BCUT2D eigenvalue weighted by molar-refractivity contribution is -0.145. The first kappa shape index (κ1) is 17.7. The molecule has 0 heterocycles. The van der Waals surface area contributed by atoms with Gasteiger partial charge in [0.1, 0.15) is 0 Å². The van der Waals surface area contributed by atoms with Gasteiger partial charge < -0.3 is 4.74 Å². The molecule has 0 spiro atoms. The second-order valence-electron chi connectivity index (χ2n) is 5.71. The van der Waals surface area contributed by atoms with Gasteiger partial charge in [0.05, 0.1) is 17.9 Å². The smallest absolute Gasteiger partial charge is 0.310 e. The highest BCUT2D eigenvalue weighted by Crippen LogP contribution is 2.20. The van der Waals surface area contributed by atoms with Gasteiger partial charge in [-0.15, -0.1) is 0 Å². The van der Waals surface area contributed by atoms with Crippen LogP contribution >= 0.6 is 0 Å². The van der Waals surface area contributed by atoms with Crippen LogP contribution in [0.15, 0.2) is 29.2 Å². The number of rotatable bonds is 7. The summed E-state index contributed by atoms with van der Waals surface area (Å²) in [5, 5.41) is 0. The molecular weight excluding hydrogens is 290 g/mol. The van der Waals surface area contributed by atoms with Crippen molar-refractivity contribution in [3.05, 3.63) is 29.8 Å². The number of carbonyl (C=O) groups excluding carboxylic acids is 1. The maximum absolute atomic E-state index is 11.8.